The molecule has 2 N–H and O–H groups in total. The van der Waals surface area contributed by atoms with Crippen LogP contribution >= 0.6 is 19.3 Å². The summed E-state index contributed by atoms with van der Waals surface area (Å²) in [5.41, 5.74) is -0.674. The Balaban J connectivity index is 0.000000176. The van der Waals surface area contributed by atoms with E-state index in [0.717, 1.165) is 12.8 Å². The molecule has 3 heterocycles. The van der Waals surface area contributed by atoms with Gasteiger partial charge in [-0.2, -0.15) is 0 Å². The van der Waals surface area contributed by atoms with E-state index >= 15 is 0 Å². The number of aliphatic hydroxyl groups excluding tert-OH is 1. The van der Waals surface area contributed by atoms with Crippen molar-refractivity contribution in [2.24, 2.45) is 11.8 Å². The van der Waals surface area contributed by atoms with Gasteiger partial charge in [0.05, 0.1) is 6.10 Å². The zero-order valence-electron chi connectivity index (χ0n) is 24.9. The molecule has 6 rings (SSSR count). The number of aliphatic hydroxyl groups is 1. The van der Waals surface area contributed by atoms with Crippen LogP contribution in [0.5, 0.6) is 0 Å². The van der Waals surface area contributed by atoms with Gasteiger partial charge in [0, 0.05) is 43.4 Å². The minimum atomic E-state index is -4.54. The van der Waals surface area contributed by atoms with Crippen molar-refractivity contribution < 1.29 is 43.3 Å². The first-order valence-electron chi connectivity index (χ1n) is 14.1. The monoisotopic (exact) mass is 720 g/mol. The number of ether oxygens (including phenoxy) is 2. The van der Waals surface area contributed by atoms with Gasteiger partial charge in [0.25, 0.3) is 0 Å². The Labute approximate surface area is 258 Å². The van der Waals surface area contributed by atoms with Gasteiger partial charge >= 0.3 is 85.2 Å². The second kappa shape index (κ2) is 12.8. The van der Waals surface area contributed by atoms with Crippen molar-refractivity contribution >= 4 is 43.2 Å². The number of hydrogen-bond acceptors (Lipinski definition) is 9. The van der Waals surface area contributed by atoms with Crippen LogP contribution in [0.4, 0.5) is 9.59 Å². The molecule has 0 spiro atoms. The van der Waals surface area contributed by atoms with E-state index in [0.29, 0.717) is 31.7 Å². The Hall–Kier alpha value is -2.65. The van der Waals surface area contributed by atoms with Gasteiger partial charge in [0.2, 0.25) is 0 Å². The summed E-state index contributed by atoms with van der Waals surface area (Å²) in [6.45, 7) is 12.4. The Bertz CT molecular complexity index is 1280. The van der Waals surface area contributed by atoms with Crippen LogP contribution in [0.1, 0.15) is 85.0 Å². The molecule has 0 aromatic heterocycles. The van der Waals surface area contributed by atoms with Crippen LogP contribution in [0.25, 0.3) is 0 Å². The van der Waals surface area contributed by atoms with Crippen molar-refractivity contribution in [1.82, 2.24) is 9.80 Å². The molecule has 2 saturated heterocycles. The van der Waals surface area contributed by atoms with E-state index in [1.54, 1.807) is 21.9 Å². The van der Waals surface area contributed by atoms with Crippen LogP contribution in [-0.2, 0) is 20.4 Å². The Morgan fingerprint density at radius 3 is 1.88 bits per heavy atom. The topological polar surface area (TPSA) is 160 Å². The fraction of sp³-hybridized carbons (Fsp3) is 0.667. The number of amides is 2. The maximum absolute atomic E-state index is 11.8. The predicted octanol–water partition coefficient (Wildman–Crippen LogP) is 4.83. The van der Waals surface area contributed by atoms with Gasteiger partial charge in [0.1, 0.15) is 17.0 Å². The van der Waals surface area contributed by atoms with Crippen molar-refractivity contribution in [2.45, 2.75) is 104 Å². The number of likely N-dealkylation sites (tertiary alicyclic amines) is 2. The van der Waals surface area contributed by atoms with E-state index in [2.05, 4.69) is 3.07 Å². The van der Waals surface area contributed by atoms with Crippen molar-refractivity contribution in [1.29, 1.82) is 0 Å². The third-order valence-electron chi connectivity index (χ3n) is 7.59. The second-order valence-corrected chi connectivity index (χ2v) is 17.4. The molecule has 3 aliphatic heterocycles. The normalized spacial score (nSPS) is 31.4. The molecule has 5 aliphatic rings. The molecule has 1 aromatic carbocycles. The molecule has 1 unspecified atom stereocenters. The zero-order chi connectivity index (χ0) is 31.2. The Morgan fingerprint density at radius 2 is 1.47 bits per heavy atom. The molecule has 2 saturated carbocycles. The van der Waals surface area contributed by atoms with Crippen LogP contribution in [0, 0.1) is 15.4 Å². The number of benzene rings is 1. The summed E-state index contributed by atoms with van der Waals surface area (Å²) >= 11 is -4.54. The third kappa shape index (κ3) is 8.29. The van der Waals surface area contributed by atoms with Crippen molar-refractivity contribution in [3.05, 3.63) is 33.4 Å². The summed E-state index contributed by atoms with van der Waals surface area (Å²) in [5, 5.41) is 9.57. The van der Waals surface area contributed by atoms with Gasteiger partial charge in [-0.25, -0.2) is 9.59 Å². The molecule has 2 amide bonds. The molecule has 1 aromatic rings. The average molecular weight is 721 g/mol. The van der Waals surface area contributed by atoms with Gasteiger partial charge in [-0.05, 0) is 60.8 Å². The number of nitrogens with zero attached hydrogens (tertiary/aromatic N) is 2. The molecule has 2 aliphatic carbocycles. The molecule has 43 heavy (non-hydrogen) atoms. The van der Waals surface area contributed by atoms with Crippen LogP contribution in [0.15, 0.2) is 24.3 Å². The molecule has 4 bridgehead atoms. The van der Waals surface area contributed by atoms with Gasteiger partial charge in [-0.15, -0.1) is 0 Å². The van der Waals surface area contributed by atoms with E-state index in [1.165, 1.54) is 12.1 Å². The number of carbonyl (C=O) groups excluding carboxylic acids is 4. The number of Topliss-reactive ketones (excluding diaryl/α,β-unsaturated/α-hetero) is 1. The first kappa shape index (κ1) is 34.8. The summed E-state index contributed by atoms with van der Waals surface area (Å²) in [4.78, 5) is 49.3. The first-order valence-corrected chi connectivity index (χ1v) is 17.9. The fourth-order valence-electron chi connectivity index (χ4n) is 5.77. The second-order valence-electron chi connectivity index (χ2n) is 13.3. The standard InChI is InChI=1S/C11H19NO3.C11H17NO3.C7H5IO4.CH4/c2*1-11(2,3)15-10(14)12-6-7-4-8(12)5-9(7)13;9-7-5-3-1-2-4-6(5)8(10,11)12-7;/h7-9,13H,4-6H2,1-3H3;7-8H,4-6H2,1-3H3;1-4H,(H,10,11);1H4/t7-,8-,9+;7-,8-;;/m11../s1. The number of ketones is 1. The van der Waals surface area contributed by atoms with E-state index in [4.69, 9.17) is 9.47 Å². The molecule has 242 valence electrons. The van der Waals surface area contributed by atoms with E-state index in [9.17, 15) is 30.8 Å². The maximum atomic E-state index is 11.8. The first-order chi connectivity index (χ1) is 19.3. The fourth-order valence-corrected chi connectivity index (χ4v) is 8.58. The molecule has 6 atom stereocenters. The minimum absolute atomic E-state index is 0. The average Bonchev–Trinajstić information content (AvgIpc) is 3.65. The van der Waals surface area contributed by atoms with Crippen LogP contribution in [-0.4, -0.2) is 84.8 Å². The van der Waals surface area contributed by atoms with Gasteiger partial charge < -0.3 is 24.4 Å². The summed E-state index contributed by atoms with van der Waals surface area (Å²) < 4.78 is 35.5. The predicted molar refractivity (Wildman–Crippen MR) is 164 cm³/mol. The molecule has 0 radical (unpaired) electrons. The van der Waals surface area contributed by atoms with Crippen molar-refractivity contribution in [3.63, 3.8) is 0 Å². The molecular weight excluding hydrogens is 675 g/mol. The SMILES string of the molecule is C.CC(C)(C)OC(=O)N1C[C@H]2C[C@@H]1CC2=O.CC(C)(C)OC(=O)N1C[C@H]2C[C@@H]1C[C@@H]2O.O=C1OI(=O)(O)c2ccccc21. The number of rotatable bonds is 0. The van der Waals surface area contributed by atoms with Crippen molar-refractivity contribution in [2.75, 3.05) is 13.1 Å². The van der Waals surface area contributed by atoms with Gasteiger partial charge in [-0.1, -0.05) is 7.43 Å². The van der Waals surface area contributed by atoms with Crippen LogP contribution in [0.3, 0.4) is 0 Å². The van der Waals surface area contributed by atoms with Crippen LogP contribution in [0.2, 0.25) is 0 Å². The number of fused-ring (bicyclic) bond motifs is 5. The molecular formula is C30H45IN2O10. The summed E-state index contributed by atoms with van der Waals surface area (Å²) in [6, 6.07) is 6.45. The number of piperidine rings is 2. The summed E-state index contributed by atoms with van der Waals surface area (Å²) in [5.74, 6) is -0.0515. The Morgan fingerprint density at radius 1 is 0.907 bits per heavy atom. The number of hydrogen-bond donors (Lipinski definition) is 2. The van der Waals surface area contributed by atoms with Gasteiger partial charge in [-0.3, -0.25) is 4.79 Å². The summed E-state index contributed by atoms with van der Waals surface area (Å²) in [6.07, 6.45) is 2.27. The zero-order valence-corrected chi connectivity index (χ0v) is 27.0. The summed E-state index contributed by atoms with van der Waals surface area (Å²) in [7, 11) is 0. The quantitative estimate of drug-likeness (QED) is 0.356. The third-order valence-corrected chi connectivity index (χ3v) is 11.0. The molecule has 4 fully saturated rings. The van der Waals surface area contributed by atoms with Crippen LogP contribution < -0.4 is 0 Å². The molecule has 13 heteroatoms. The van der Waals surface area contributed by atoms with E-state index < -0.39 is 36.4 Å². The van der Waals surface area contributed by atoms with E-state index in [1.807, 2.05) is 41.5 Å². The van der Waals surface area contributed by atoms with Crippen molar-refractivity contribution in [3.8, 4) is 0 Å². The molecule has 12 nitrogen and oxygen atoms in total. The Kier molecular flexibility index (Phi) is 10.3. The number of halogens is 1. The van der Waals surface area contributed by atoms with Gasteiger partial charge in [0.15, 0.2) is 0 Å². The van der Waals surface area contributed by atoms with E-state index in [-0.39, 0.29) is 58.8 Å². The number of carbonyl (C=O) groups is 4.